The predicted molar refractivity (Wildman–Crippen MR) is 100 cm³/mol. The van der Waals surface area contributed by atoms with Gasteiger partial charge in [0.1, 0.15) is 5.75 Å². The Balaban J connectivity index is 1.82. The van der Waals surface area contributed by atoms with Crippen molar-refractivity contribution in [1.29, 1.82) is 0 Å². The van der Waals surface area contributed by atoms with Crippen molar-refractivity contribution in [1.82, 2.24) is 10.3 Å². The van der Waals surface area contributed by atoms with E-state index in [-0.39, 0.29) is 17.1 Å². The van der Waals surface area contributed by atoms with E-state index in [2.05, 4.69) is 15.6 Å². The monoisotopic (exact) mass is 378 g/mol. The first-order valence-electron chi connectivity index (χ1n) is 8.07. The van der Waals surface area contributed by atoms with Crippen LogP contribution in [0.5, 0.6) is 11.5 Å². The summed E-state index contributed by atoms with van der Waals surface area (Å²) in [7, 11) is 0. The fourth-order valence-electron chi connectivity index (χ4n) is 2.32. The first-order valence-corrected chi connectivity index (χ1v) is 8.07. The maximum absolute atomic E-state index is 12.2. The Bertz CT molecular complexity index is 1010. The highest BCUT2D eigenvalue weighted by atomic mass is 16.6. The third-order valence-corrected chi connectivity index (χ3v) is 3.57. The van der Waals surface area contributed by atoms with Gasteiger partial charge in [0.2, 0.25) is 5.75 Å². The van der Waals surface area contributed by atoms with E-state index in [4.69, 9.17) is 4.74 Å². The van der Waals surface area contributed by atoms with E-state index < -0.39 is 16.9 Å². The Morgan fingerprint density at radius 2 is 1.68 bits per heavy atom. The number of hydrogen-bond acceptors (Lipinski definition) is 6. The lowest BCUT2D eigenvalue weighted by Gasteiger charge is -2.12. The highest BCUT2D eigenvalue weighted by molar-refractivity contribution is 6.08. The molecule has 3 aromatic rings. The summed E-state index contributed by atoms with van der Waals surface area (Å²) in [5.74, 6) is -0.478. The van der Waals surface area contributed by atoms with E-state index in [0.717, 1.165) is 0 Å². The van der Waals surface area contributed by atoms with E-state index in [1.807, 2.05) is 0 Å². The molecular formula is C19H14N4O5. The van der Waals surface area contributed by atoms with Gasteiger partial charge < -0.3 is 10.1 Å². The minimum absolute atomic E-state index is 0.0318. The Morgan fingerprint density at radius 3 is 2.36 bits per heavy atom. The van der Waals surface area contributed by atoms with Crippen molar-refractivity contribution in [2.24, 2.45) is 0 Å². The number of urea groups is 1. The number of nitro benzene ring substituents is 1. The van der Waals surface area contributed by atoms with Gasteiger partial charge in [-0.1, -0.05) is 24.3 Å². The van der Waals surface area contributed by atoms with Crippen LogP contribution < -0.4 is 15.4 Å². The van der Waals surface area contributed by atoms with Crippen molar-refractivity contribution in [3.8, 4) is 11.5 Å². The second kappa shape index (κ2) is 8.41. The van der Waals surface area contributed by atoms with E-state index in [0.29, 0.717) is 11.3 Å². The summed E-state index contributed by atoms with van der Waals surface area (Å²) in [5.41, 5.74) is -0.0154. The van der Waals surface area contributed by atoms with Crippen LogP contribution in [0.15, 0.2) is 73.1 Å². The van der Waals surface area contributed by atoms with Crippen LogP contribution in [0.2, 0.25) is 0 Å². The van der Waals surface area contributed by atoms with Crippen molar-refractivity contribution in [3.05, 3.63) is 88.7 Å². The molecule has 9 heteroatoms. The number of hydrogen-bond donors (Lipinski definition) is 2. The van der Waals surface area contributed by atoms with Crippen LogP contribution in [0.1, 0.15) is 10.4 Å². The topological polar surface area (TPSA) is 123 Å². The summed E-state index contributed by atoms with van der Waals surface area (Å²) in [4.78, 5) is 38.8. The first-order chi connectivity index (χ1) is 13.5. The van der Waals surface area contributed by atoms with Crippen LogP contribution in [-0.2, 0) is 0 Å². The Morgan fingerprint density at radius 1 is 0.964 bits per heavy atom. The van der Waals surface area contributed by atoms with Crippen LogP contribution >= 0.6 is 0 Å². The van der Waals surface area contributed by atoms with Gasteiger partial charge in [-0.05, 0) is 30.3 Å². The molecule has 3 amide bonds. The van der Waals surface area contributed by atoms with Gasteiger partial charge >= 0.3 is 11.7 Å². The fourth-order valence-corrected chi connectivity index (χ4v) is 2.32. The number of aromatic nitrogens is 1. The quantitative estimate of drug-likeness (QED) is 0.515. The molecule has 2 aromatic carbocycles. The minimum Gasteiger partial charge on any atom is -0.448 e. The Kier molecular flexibility index (Phi) is 5.56. The van der Waals surface area contributed by atoms with E-state index >= 15 is 0 Å². The molecular weight excluding hydrogens is 364 g/mol. The zero-order valence-corrected chi connectivity index (χ0v) is 14.4. The maximum atomic E-state index is 12.2. The van der Waals surface area contributed by atoms with E-state index in [1.165, 1.54) is 42.7 Å². The second-order valence-corrected chi connectivity index (χ2v) is 5.47. The van der Waals surface area contributed by atoms with Crippen LogP contribution in [0.4, 0.5) is 16.2 Å². The van der Waals surface area contributed by atoms with Crippen LogP contribution in [0.25, 0.3) is 0 Å². The Labute approximate surface area is 159 Å². The molecule has 28 heavy (non-hydrogen) atoms. The van der Waals surface area contributed by atoms with Gasteiger partial charge in [-0.2, -0.15) is 0 Å². The lowest BCUT2D eigenvalue weighted by molar-refractivity contribution is -0.385. The summed E-state index contributed by atoms with van der Waals surface area (Å²) in [5, 5.41) is 15.9. The summed E-state index contributed by atoms with van der Waals surface area (Å²) >= 11 is 0. The number of nitro groups is 1. The predicted octanol–water partition coefficient (Wildman–Crippen LogP) is 3.74. The van der Waals surface area contributed by atoms with Crippen LogP contribution in [-0.4, -0.2) is 21.8 Å². The molecule has 140 valence electrons. The summed E-state index contributed by atoms with van der Waals surface area (Å²) < 4.78 is 5.58. The summed E-state index contributed by atoms with van der Waals surface area (Å²) in [6, 6.07) is 14.4. The van der Waals surface area contributed by atoms with Gasteiger partial charge in [-0.25, -0.2) is 4.79 Å². The second-order valence-electron chi connectivity index (χ2n) is 5.47. The number of pyridine rings is 1. The van der Waals surface area contributed by atoms with Crippen molar-refractivity contribution in [2.45, 2.75) is 0 Å². The summed E-state index contributed by atoms with van der Waals surface area (Å²) in [6.45, 7) is 0. The van der Waals surface area contributed by atoms with Gasteiger partial charge in [0.25, 0.3) is 5.91 Å². The average Bonchev–Trinajstić information content (AvgIpc) is 2.70. The molecule has 1 heterocycles. The molecule has 0 aliphatic carbocycles. The molecule has 0 saturated heterocycles. The molecule has 0 atom stereocenters. The van der Waals surface area contributed by atoms with Gasteiger partial charge in [0.15, 0.2) is 0 Å². The van der Waals surface area contributed by atoms with Gasteiger partial charge in [0, 0.05) is 24.0 Å². The third kappa shape index (κ3) is 4.47. The van der Waals surface area contributed by atoms with Crippen molar-refractivity contribution >= 4 is 23.3 Å². The number of nitrogens with zero attached hydrogens (tertiary/aromatic N) is 2. The number of benzene rings is 2. The number of carbonyl (C=O) groups is 2. The van der Waals surface area contributed by atoms with Gasteiger partial charge in [0.05, 0.1) is 10.6 Å². The lowest BCUT2D eigenvalue weighted by Crippen LogP contribution is -2.34. The smallest absolute Gasteiger partial charge is 0.326 e. The molecule has 1 aromatic heterocycles. The zero-order valence-electron chi connectivity index (χ0n) is 14.4. The molecule has 0 aliphatic rings. The molecule has 0 saturated carbocycles. The molecule has 0 fully saturated rings. The molecule has 0 radical (unpaired) electrons. The molecule has 9 nitrogen and oxygen atoms in total. The summed E-state index contributed by atoms with van der Waals surface area (Å²) in [6.07, 6.45) is 2.92. The molecule has 2 N–H and O–H groups in total. The third-order valence-electron chi connectivity index (χ3n) is 3.57. The number of nitrogens with one attached hydrogen (secondary N) is 2. The molecule has 0 unspecified atom stereocenters. The SMILES string of the molecule is O=C(NC(=O)c1ccccc1)Nc1cccc([N+](=O)[O-])c1Oc1ccncc1. The highest BCUT2D eigenvalue weighted by Crippen LogP contribution is 2.38. The number of ether oxygens (including phenoxy) is 1. The number of anilines is 1. The number of amides is 3. The first kappa shape index (κ1) is 18.5. The zero-order chi connectivity index (χ0) is 19.9. The van der Waals surface area contributed by atoms with Crippen molar-refractivity contribution in [3.63, 3.8) is 0 Å². The molecule has 0 spiro atoms. The van der Waals surface area contributed by atoms with E-state index in [9.17, 15) is 19.7 Å². The largest absolute Gasteiger partial charge is 0.448 e. The van der Waals surface area contributed by atoms with Crippen molar-refractivity contribution in [2.75, 3.05) is 5.32 Å². The van der Waals surface area contributed by atoms with Crippen molar-refractivity contribution < 1.29 is 19.2 Å². The average molecular weight is 378 g/mol. The van der Waals surface area contributed by atoms with Crippen LogP contribution in [0, 0.1) is 10.1 Å². The number of rotatable bonds is 5. The standard InChI is InChI=1S/C19H14N4O5/c24-18(13-5-2-1-3-6-13)22-19(25)21-15-7-4-8-16(23(26)27)17(15)28-14-9-11-20-12-10-14/h1-12H,(H2,21,22,24,25). The molecule has 0 aliphatic heterocycles. The van der Waals surface area contributed by atoms with Gasteiger partial charge in [-0.3, -0.25) is 25.2 Å². The minimum atomic E-state index is -0.853. The number of carbonyl (C=O) groups excluding carboxylic acids is 2. The normalized spacial score (nSPS) is 10.0. The van der Waals surface area contributed by atoms with Gasteiger partial charge in [-0.15, -0.1) is 0 Å². The number of imide groups is 1. The van der Waals surface area contributed by atoms with E-state index in [1.54, 1.807) is 30.3 Å². The fraction of sp³-hybridized carbons (Fsp3) is 0. The van der Waals surface area contributed by atoms with Crippen LogP contribution in [0.3, 0.4) is 0 Å². The highest BCUT2D eigenvalue weighted by Gasteiger charge is 2.22. The number of para-hydroxylation sites is 1. The maximum Gasteiger partial charge on any atom is 0.326 e. The molecule has 0 bridgehead atoms. The lowest BCUT2D eigenvalue weighted by atomic mass is 10.2. The molecule has 3 rings (SSSR count). The Hall–Kier alpha value is -4.27.